The number of ketones is 1. The molecule has 1 atom stereocenters. The Morgan fingerprint density at radius 1 is 1.23 bits per heavy atom. The molecule has 0 aromatic rings. The molecule has 1 unspecified atom stereocenters. The predicted molar refractivity (Wildman–Crippen MR) is 43.8 cm³/mol. The van der Waals surface area contributed by atoms with Crippen molar-refractivity contribution in [2.75, 3.05) is 0 Å². The molecule has 0 aromatic carbocycles. The number of nitrogens with zero attached hydrogens (tertiary/aromatic N) is 3. The second-order valence-corrected chi connectivity index (χ2v) is 2.53. The minimum Gasteiger partial charge on any atom is -0.297 e. The van der Waals surface area contributed by atoms with Crippen LogP contribution < -0.4 is 0 Å². The zero-order valence-electron chi connectivity index (χ0n) is 7.16. The van der Waals surface area contributed by atoms with Crippen LogP contribution in [0.25, 0.3) is 0 Å². The molecule has 0 amide bonds. The van der Waals surface area contributed by atoms with Crippen LogP contribution in [0.2, 0.25) is 0 Å². The third-order valence-corrected chi connectivity index (χ3v) is 1.58. The van der Waals surface area contributed by atoms with Gasteiger partial charge in [0.05, 0.1) is 24.6 Å². The molecule has 4 heteroatoms. The van der Waals surface area contributed by atoms with Crippen molar-refractivity contribution in [1.82, 2.24) is 0 Å². The van der Waals surface area contributed by atoms with E-state index in [1.165, 1.54) is 0 Å². The fourth-order valence-corrected chi connectivity index (χ4v) is 0.884. The molecule has 0 saturated heterocycles. The highest BCUT2D eigenvalue weighted by molar-refractivity contribution is 5.84. The first-order valence-electron chi connectivity index (χ1n) is 3.92. The van der Waals surface area contributed by atoms with Gasteiger partial charge >= 0.3 is 0 Å². The lowest BCUT2D eigenvalue weighted by Crippen LogP contribution is -2.11. The summed E-state index contributed by atoms with van der Waals surface area (Å²) >= 11 is 0. The molecule has 0 aliphatic rings. The molecule has 0 heterocycles. The van der Waals surface area contributed by atoms with E-state index in [0.717, 1.165) is 0 Å². The van der Waals surface area contributed by atoms with Gasteiger partial charge in [0.2, 0.25) is 0 Å². The number of carbonyl (C=O) groups is 1. The molecular formula is C9H9N3O. The zero-order valence-corrected chi connectivity index (χ0v) is 7.16. The molecule has 0 N–H and O–H groups in total. The summed E-state index contributed by atoms with van der Waals surface area (Å²) in [5, 5.41) is 25.0. The summed E-state index contributed by atoms with van der Waals surface area (Å²) in [6.45, 7) is 0. The molecule has 0 bridgehead atoms. The molecule has 0 spiro atoms. The van der Waals surface area contributed by atoms with E-state index in [2.05, 4.69) is 0 Å². The summed E-state index contributed by atoms with van der Waals surface area (Å²) < 4.78 is 0. The highest BCUT2D eigenvalue weighted by Crippen LogP contribution is 2.09. The maximum atomic E-state index is 11.0. The monoisotopic (exact) mass is 175 g/mol. The normalized spacial score (nSPS) is 10.5. The molecule has 13 heavy (non-hydrogen) atoms. The average Bonchev–Trinajstić information content (AvgIpc) is 2.13. The summed E-state index contributed by atoms with van der Waals surface area (Å²) in [7, 11) is 0. The molecule has 0 aliphatic carbocycles. The molecule has 0 aromatic heterocycles. The van der Waals surface area contributed by atoms with Crippen molar-refractivity contribution in [1.29, 1.82) is 15.8 Å². The van der Waals surface area contributed by atoms with Crippen molar-refractivity contribution < 1.29 is 4.79 Å². The van der Waals surface area contributed by atoms with E-state index < -0.39 is 5.92 Å². The van der Waals surface area contributed by atoms with Crippen LogP contribution in [0.15, 0.2) is 0 Å². The Labute approximate surface area is 77.0 Å². The van der Waals surface area contributed by atoms with Gasteiger partial charge in [-0.15, -0.1) is 0 Å². The Balaban J connectivity index is 3.93. The maximum Gasteiger partial charge on any atom is 0.163 e. The fourth-order valence-electron chi connectivity index (χ4n) is 0.884. The highest BCUT2D eigenvalue weighted by atomic mass is 16.1. The second kappa shape index (κ2) is 6.83. The standard InChI is InChI=1S/C9H9N3O/c10-5-2-1-3-8(7-12)9(13)4-6-11/h8H,1-4H2. The van der Waals surface area contributed by atoms with Crippen molar-refractivity contribution in [2.45, 2.75) is 25.7 Å². The van der Waals surface area contributed by atoms with Crippen LogP contribution in [0.3, 0.4) is 0 Å². The summed E-state index contributed by atoms with van der Waals surface area (Å²) in [6.07, 6.45) is 1.04. The van der Waals surface area contributed by atoms with Crippen LogP contribution in [0.4, 0.5) is 0 Å². The number of nitriles is 3. The van der Waals surface area contributed by atoms with Crippen LogP contribution in [-0.2, 0) is 4.79 Å². The van der Waals surface area contributed by atoms with Gasteiger partial charge in [-0.3, -0.25) is 4.79 Å². The second-order valence-electron chi connectivity index (χ2n) is 2.53. The van der Waals surface area contributed by atoms with Gasteiger partial charge in [-0.05, 0) is 12.8 Å². The quantitative estimate of drug-likeness (QED) is 0.589. The summed E-state index contributed by atoms with van der Waals surface area (Å²) in [5.41, 5.74) is 0. The van der Waals surface area contributed by atoms with E-state index in [1.807, 2.05) is 12.1 Å². The summed E-state index contributed by atoms with van der Waals surface area (Å²) in [6, 6.07) is 5.47. The minimum atomic E-state index is -0.715. The van der Waals surface area contributed by atoms with E-state index in [-0.39, 0.29) is 12.2 Å². The SMILES string of the molecule is N#CCCCC(C#N)C(=O)CC#N. The van der Waals surface area contributed by atoms with Gasteiger partial charge in [-0.25, -0.2) is 0 Å². The van der Waals surface area contributed by atoms with Crippen molar-refractivity contribution in [2.24, 2.45) is 5.92 Å². The smallest absolute Gasteiger partial charge is 0.163 e. The van der Waals surface area contributed by atoms with Gasteiger partial charge in [-0.2, -0.15) is 15.8 Å². The number of rotatable bonds is 5. The number of unbranched alkanes of at least 4 members (excludes halogenated alkanes) is 1. The first kappa shape index (κ1) is 11.1. The number of carbonyl (C=O) groups excluding carboxylic acids is 1. The zero-order chi connectivity index (χ0) is 10.1. The topological polar surface area (TPSA) is 88.4 Å². The van der Waals surface area contributed by atoms with E-state index in [1.54, 1.807) is 6.07 Å². The Hall–Kier alpha value is -1.86. The van der Waals surface area contributed by atoms with E-state index in [4.69, 9.17) is 15.8 Å². The van der Waals surface area contributed by atoms with Crippen LogP contribution in [0.5, 0.6) is 0 Å². The van der Waals surface area contributed by atoms with Crippen molar-refractivity contribution in [3.05, 3.63) is 0 Å². The van der Waals surface area contributed by atoms with E-state index in [0.29, 0.717) is 19.3 Å². The lowest BCUT2D eigenvalue weighted by molar-refractivity contribution is -0.120. The fraction of sp³-hybridized carbons (Fsp3) is 0.556. The Bertz CT molecular complexity index is 289. The van der Waals surface area contributed by atoms with Crippen molar-refractivity contribution in [3.63, 3.8) is 0 Å². The van der Waals surface area contributed by atoms with Crippen LogP contribution in [0, 0.1) is 39.9 Å². The first-order chi connectivity index (χ1) is 6.26. The van der Waals surface area contributed by atoms with Crippen LogP contribution in [-0.4, -0.2) is 5.78 Å². The molecule has 4 nitrogen and oxygen atoms in total. The molecule has 0 aliphatic heterocycles. The summed E-state index contributed by atoms with van der Waals surface area (Å²) in [5.74, 6) is -1.06. The van der Waals surface area contributed by atoms with Gasteiger partial charge in [0.25, 0.3) is 0 Å². The van der Waals surface area contributed by atoms with E-state index >= 15 is 0 Å². The van der Waals surface area contributed by atoms with Crippen molar-refractivity contribution >= 4 is 5.78 Å². The summed E-state index contributed by atoms with van der Waals surface area (Å²) in [4.78, 5) is 11.0. The molecule has 0 saturated carbocycles. The largest absolute Gasteiger partial charge is 0.297 e. The third-order valence-electron chi connectivity index (χ3n) is 1.58. The Morgan fingerprint density at radius 2 is 1.92 bits per heavy atom. The average molecular weight is 175 g/mol. The van der Waals surface area contributed by atoms with Crippen LogP contribution >= 0.6 is 0 Å². The predicted octanol–water partition coefficient (Wildman–Crippen LogP) is 1.30. The molecular weight excluding hydrogens is 166 g/mol. The van der Waals surface area contributed by atoms with Gasteiger partial charge in [0.15, 0.2) is 5.78 Å². The van der Waals surface area contributed by atoms with Gasteiger partial charge in [0, 0.05) is 6.42 Å². The minimum absolute atomic E-state index is 0.217. The molecule has 66 valence electrons. The lowest BCUT2D eigenvalue weighted by atomic mass is 9.97. The van der Waals surface area contributed by atoms with Crippen LogP contribution in [0.1, 0.15) is 25.7 Å². The highest BCUT2D eigenvalue weighted by Gasteiger charge is 2.16. The lowest BCUT2D eigenvalue weighted by Gasteiger charge is -2.02. The van der Waals surface area contributed by atoms with Gasteiger partial charge in [0.1, 0.15) is 5.92 Å². The number of hydrogen-bond donors (Lipinski definition) is 0. The number of hydrogen-bond acceptors (Lipinski definition) is 4. The Kier molecular flexibility index (Phi) is 5.85. The first-order valence-corrected chi connectivity index (χ1v) is 3.92. The molecule has 0 rings (SSSR count). The molecule has 0 fully saturated rings. The van der Waals surface area contributed by atoms with Gasteiger partial charge in [-0.1, -0.05) is 0 Å². The molecule has 0 radical (unpaired) electrons. The van der Waals surface area contributed by atoms with Crippen molar-refractivity contribution in [3.8, 4) is 18.2 Å². The maximum absolute atomic E-state index is 11.0. The van der Waals surface area contributed by atoms with Gasteiger partial charge < -0.3 is 0 Å². The Morgan fingerprint density at radius 3 is 2.38 bits per heavy atom. The van der Waals surface area contributed by atoms with E-state index in [9.17, 15) is 4.79 Å². The number of Topliss-reactive ketones (excluding diaryl/α,β-unsaturated/α-hetero) is 1. The third kappa shape index (κ3) is 4.56.